The Labute approximate surface area is 71.8 Å². The summed E-state index contributed by atoms with van der Waals surface area (Å²) >= 11 is 0. The molecule has 12 heavy (non-hydrogen) atoms. The van der Waals surface area contributed by atoms with E-state index < -0.39 is 0 Å². The first-order chi connectivity index (χ1) is 5.74. The maximum absolute atomic E-state index is 13.0. The molecule has 0 spiro atoms. The summed E-state index contributed by atoms with van der Waals surface area (Å²) in [4.78, 5) is 1.85. The minimum Gasteiger partial charge on any atom is -0.318 e. The molecule has 0 unspecified atom stereocenters. The molecule has 0 aromatic heterocycles. The monoisotopic (exact) mass is 168 g/mol. The summed E-state index contributed by atoms with van der Waals surface area (Å²) in [7, 11) is 1.85. The molecule has 0 heterocycles. The number of hydrogen-bond donors (Lipinski definition) is 1. The van der Waals surface area contributed by atoms with E-state index in [1.54, 1.807) is 12.1 Å². The zero-order valence-corrected chi connectivity index (χ0v) is 7.13. The third-order valence-corrected chi connectivity index (χ3v) is 1.71. The summed E-state index contributed by atoms with van der Waals surface area (Å²) in [6.07, 6.45) is 0. The fourth-order valence-electron chi connectivity index (χ4n) is 0.982. The molecule has 0 atom stereocenters. The van der Waals surface area contributed by atoms with Gasteiger partial charge in [-0.15, -0.1) is 0 Å². The summed E-state index contributed by atoms with van der Waals surface area (Å²) in [6.45, 7) is 0.998. The Morgan fingerprint density at radius 2 is 2.08 bits per heavy atom. The third kappa shape index (κ3) is 2.29. The van der Waals surface area contributed by atoms with Crippen LogP contribution in [0, 0.1) is 5.82 Å². The quantitative estimate of drug-likeness (QED) is 0.686. The first-order valence-corrected chi connectivity index (χ1v) is 3.86. The van der Waals surface area contributed by atoms with Crippen LogP contribution in [-0.4, -0.2) is 18.6 Å². The van der Waals surface area contributed by atoms with Crippen LogP contribution in [0.15, 0.2) is 24.3 Å². The van der Waals surface area contributed by atoms with E-state index in [9.17, 15) is 4.39 Å². The molecule has 0 amide bonds. The Morgan fingerprint density at radius 3 is 2.67 bits per heavy atom. The molecular formula is C9H13FN2. The van der Waals surface area contributed by atoms with Gasteiger partial charge in [-0.1, -0.05) is 18.2 Å². The minimum absolute atomic E-state index is 0.169. The van der Waals surface area contributed by atoms with Crippen LogP contribution in [0.3, 0.4) is 0 Å². The van der Waals surface area contributed by atoms with Crippen LogP contribution in [0.5, 0.6) is 0 Å². The van der Waals surface area contributed by atoms with Crippen LogP contribution in [0.2, 0.25) is 0 Å². The Kier molecular flexibility index (Phi) is 3.19. The highest BCUT2D eigenvalue weighted by molar-refractivity contribution is 5.16. The lowest BCUT2D eigenvalue weighted by Crippen LogP contribution is -2.25. The van der Waals surface area contributed by atoms with E-state index in [4.69, 9.17) is 5.73 Å². The molecule has 66 valence electrons. The fourth-order valence-corrected chi connectivity index (χ4v) is 0.982. The standard InChI is InChI=1S/C9H13FN2/c1-12(7-11)6-8-4-2-3-5-9(8)10/h2-5H,6-7,11H2,1H3. The van der Waals surface area contributed by atoms with Gasteiger partial charge in [0.25, 0.3) is 0 Å². The number of nitrogens with two attached hydrogens (primary N) is 1. The minimum atomic E-state index is -0.169. The lowest BCUT2D eigenvalue weighted by Gasteiger charge is -2.13. The van der Waals surface area contributed by atoms with Crippen LogP contribution >= 0.6 is 0 Å². The number of halogens is 1. The Balaban J connectivity index is 2.69. The van der Waals surface area contributed by atoms with E-state index in [-0.39, 0.29) is 5.82 Å². The van der Waals surface area contributed by atoms with Crippen molar-refractivity contribution in [3.63, 3.8) is 0 Å². The van der Waals surface area contributed by atoms with Crippen molar-refractivity contribution in [2.45, 2.75) is 6.54 Å². The summed E-state index contributed by atoms with van der Waals surface area (Å²) < 4.78 is 13.0. The topological polar surface area (TPSA) is 29.3 Å². The van der Waals surface area contributed by atoms with E-state index in [2.05, 4.69) is 0 Å². The van der Waals surface area contributed by atoms with Crippen molar-refractivity contribution < 1.29 is 4.39 Å². The maximum atomic E-state index is 13.0. The maximum Gasteiger partial charge on any atom is 0.127 e. The predicted octanol–water partition coefficient (Wildman–Crippen LogP) is 1.17. The van der Waals surface area contributed by atoms with Gasteiger partial charge < -0.3 is 5.73 Å². The molecule has 0 aliphatic heterocycles. The van der Waals surface area contributed by atoms with E-state index in [0.29, 0.717) is 18.8 Å². The van der Waals surface area contributed by atoms with Gasteiger partial charge >= 0.3 is 0 Å². The lowest BCUT2D eigenvalue weighted by molar-refractivity contribution is 0.331. The van der Waals surface area contributed by atoms with E-state index >= 15 is 0 Å². The largest absolute Gasteiger partial charge is 0.318 e. The second-order valence-corrected chi connectivity index (χ2v) is 2.79. The van der Waals surface area contributed by atoms with Crippen molar-refractivity contribution >= 4 is 0 Å². The third-order valence-electron chi connectivity index (χ3n) is 1.71. The lowest BCUT2D eigenvalue weighted by atomic mass is 10.2. The van der Waals surface area contributed by atoms with Crippen LogP contribution < -0.4 is 5.73 Å². The van der Waals surface area contributed by atoms with Gasteiger partial charge in [0.2, 0.25) is 0 Å². The summed E-state index contributed by atoms with van der Waals surface area (Å²) in [6, 6.07) is 6.73. The molecule has 3 heteroatoms. The average Bonchev–Trinajstić information content (AvgIpc) is 2.09. The van der Waals surface area contributed by atoms with E-state index in [0.717, 1.165) is 0 Å². The smallest absolute Gasteiger partial charge is 0.127 e. The molecule has 0 bridgehead atoms. The van der Waals surface area contributed by atoms with Crippen molar-refractivity contribution in [1.29, 1.82) is 0 Å². The summed E-state index contributed by atoms with van der Waals surface area (Å²) in [5.74, 6) is -0.169. The first-order valence-electron chi connectivity index (χ1n) is 3.86. The second kappa shape index (κ2) is 4.18. The van der Waals surface area contributed by atoms with Crippen molar-refractivity contribution in [2.75, 3.05) is 13.7 Å². The van der Waals surface area contributed by atoms with Gasteiger partial charge in [-0.05, 0) is 13.1 Å². The Hall–Kier alpha value is -0.930. The summed E-state index contributed by atoms with van der Waals surface area (Å²) in [5, 5.41) is 0. The highest BCUT2D eigenvalue weighted by Crippen LogP contribution is 2.07. The van der Waals surface area contributed by atoms with Gasteiger partial charge in [0.15, 0.2) is 0 Å². The van der Waals surface area contributed by atoms with Crippen molar-refractivity contribution in [3.8, 4) is 0 Å². The molecule has 0 fully saturated rings. The van der Waals surface area contributed by atoms with E-state index in [1.165, 1.54) is 6.07 Å². The number of hydrogen-bond acceptors (Lipinski definition) is 2. The number of nitrogens with zero attached hydrogens (tertiary/aromatic N) is 1. The molecule has 0 aliphatic rings. The van der Waals surface area contributed by atoms with Crippen LogP contribution in [-0.2, 0) is 6.54 Å². The predicted molar refractivity (Wildman–Crippen MR) is 46.9 cm³/mol. The SMILES string of the molecule is CN(CN)Cc1ccccc1F. The highest BCUT2D eigenvalue weighted by atomic mass is 19.1. The van der Waals surface area contributed by atoms with Crippen molar-refractivity contribution in [2.24, 2.45) is 5.73 Å². The molecule has 1 rings (SSSR count). The molecule has 2 nitrogen and oxygen atoms in total. The molecule has 0 radical (unpaired) electrons. The molecule has 1 aromatic rings. The normalized spacial score (nSPS) is 10.7. The summed E-state index contributed by atoms with van der Waals surface area (Å²) in [5.41, 5.74) is 6.06. The Bertz CT molecular complexity index is 250. The van der Waals surface area contributed by atoms with Crippen LogP contribution in [0.4, 0.5) is 4.39 Å². The van der Waals surface area contributed by atoms with Gasteiger partial charge in [-0.3, -0.25) is 4.90 Å². The van der Waals surface area contributed by atoms with Crippen molar-refractivity contribution in [1.82, 2.24) is 4.90 Å². The van der Waals surface area contributed by atoms with Gasteiger partial charge in [0, 0.05) is 18.8 Å². The average molecular weight is 168 g/mol. The molecule has 2 N–H and O–H groups in total. The fraction of sp³-hybridized carbons (Fsp3) is 0.333. The van der Waals surface area contributed by atoms with Gasteiger partial charge in [0.05, 0.1) is 0 Å². The molecule has 0 saturated carbocycles. The molecule has 0 saturated heterocycles. The Morgan fingerprint density at radius 1 is 1.42 bits per heavy atom. The second-order valence-electron chi connectivity index (χ2n) is 2.79. The first kappa shape index (κ1) is 9.16. The van der Waals surface area contributed by atoms with Gasteiger partial charge in [-0.25, -0.2) is 4.39 Å². The highest BCUT2D eigenvalue weighted by Gasteiger charge is 2.02. The zero-order valence-electron chi connectivity index (χ0n) is 7.13. The van der Waals surface area contributed by atoms with Gasteiger partial charge in [0.1, 0.15) is 5.82 Å². The van der Waals surface area contributed by atoms with Gasteiger partial charge in [-0.2, -0.15) is 0 Å². The molecule has 0 aliphatic carbocycles. The van der Waals surface area contributed by atoms with Crippen LogP contribution in [0.25, 0.3) is 0 Å². The number of benzene rings is 1. The molecular weight excluding hydrogens is 155 g/mol. The van der Waals surface area contributed by atoms with E-state index in [1.807, 2.05) is 18.0 Å². The number of rotatable bonds is 3. The van der Waals surface area contributed by atoms with Crippen molar-refractivity contribution in [3.05, 3.63) is 35.6 Å². The molecule has 1 aromatic carbocycles. The van der Waals surface area contributed by atoms with Crippen LogP contribution in [0.1, 0.15) is 5.56 Å². The zero-order chi connectivity index (χ0) is 8.97.